The van der Waals surface area contributed by atoms with E-state index in [0.29, 0.717) is 6.54 Å². The maximum Gasteiger partial charge on any atom is 0.261 e. The molecule has 0 spiro atoms. The molecule has 0 saturated carbocycles. The van der Waals surface area contributed by atoms with Gasteiger partial charge in [-0.25, -0.2) is 8.78 Å². The van der Waals surface area contributed by atoms with Crippen molar-refractivity contribution in [2.45, 2.75) is 19.6 Å². The lowest BCUT2D eigenvalue weighted by molar-refractivity contribution is -0.127. The Morgan fingerprint density at radius 2 is 1.74 bits per heavy atom. The Hall–Kier alpha value is -2.63. The van der Waals surface area contributed by atoms with Crippen molar-refractivity contribution in [3.05, 3.63) is 59.7 Å². The Morgan fingerprint density at radius 1 is 1.09 bits per heavy atom. The standard InChI is InChI=1S/C17H17F2NO3/c1-11(23-14-7-8-15(18)16(19)9-14)17(21)20-10-12-3-5-13(22-2)6-4-12/h3-9,11H,10H2,1-2H3,(H,20,21)/t11-/m0/s1. The zero-order valence-corrected chi connectivity index (χ0v) is 12.8. The van der Waals surface area contributed by atoms with Crippen LogP contribution in [0.4, 0.5) is 8.78 Å². The van der Waals surface area contributed by atoms with Crippen LogP contribution < -0.4 is 14.8 Å². The average Bonchev–Trinajstić information content (AvgIpc) is 2.56. The Balaban J connectivity index is 1.87. The molecule has 1 amide bonds. The summed E-state index contributed by atoms with van der Waals surface area (Å²) < 4.78 is 36.3. The molecule has 0 bridgehead atoms. The van der Waals surface area contributed by atoms with Gasteiger partial charge in [-0.15, -0.1) is 0 Å². The second-order valence-corrected chi connectivity index (χ2v) is 4.90. The van der Waals surface area contributed by atoms with Crippen LogP contribution in [-0.2, 0) is 11.3 Å². The number of hydrogen-bond donors (Lipinski definition) is 1. The monoisotopic (exact) mass is 321 g/mol. The van der Waals surface area contributed by atoms with Gasteiger partial charge in [0.15, 0.2) is 17.7 Å². The molecule has 23 heavy (non-hydrogen) atoms. The van der Waals surface area contributed by atoms with Gasteiger partial charge in [-0.1, -0.05) is 12.1 Å². The van der Waals surface area contributed by atoms with Gasteiger partial charge >= 0.3 is 0 Å². The number of carbonyl (C=O) groups excluding carboxylic acids is 1. The third-order valence-corrected chi connectivity index (χ3v) is 3.20. The molecule has 0 aromatic heterocycles. The van der Waals surface area contributed by atoms with Crippen LogP contribution in [0.3, 0.4) is 0 Å². The van der Waals surface area contributed by atoms with Crippen molar-refractivity contribution < 1.29 is 23.0 Å². The van der Waals surface area contributed by atoms with E-state index in [4.69, 9.17) is 9.47 Å². The van der Waals surface area contributed by atoms with Crippen molar-refractivity contribution >= 4 is 5.91 Å². The molecule has 6 heteroatoms. The molecule has 1 N–H and O–H groups in total. The van der Waals surface area contributed by atoms with Crippen molar-refractivity contribution in [3.63, 3.8) is 0 Å². The molecule has 0 saturated heterocycles. The number of carbonyl (C=O) groups is 1. The highest BCUT2D eigenvalue weighted by Gasteiger charge is 2.15. The molecule has 0 heterocycles. The molecule has 0 aliphatic heterocycles. The smallest absolute Gasteiger partial charge is 0.261 e. The number of ether oxygens (including phenoxy) is 2. The lowest BCUT2D eigenvalue weighted by atomic mass is 10.2. The van der Waals surface area contributed by atoms with Crippen molar-refractivity contribution in [2.75, 3.05) is 7.11 Å². The highest BCUT2D eigenvalue weighted by molar-refractivity contribution is 5.80. The Bertz CT molecular complexity index is 674. The number of amides is 1. The molecule has 122 valence electrons. The van der Waals surface area contributed by atoms with Gasteiger partial charge in [0.1, 0.15) is 11.5 Å². The molecule has 4 nitrogen and oxygen atoms in total. The van der Waals surface area contributed by atoms with E-state index < -0.39 is 17.7 Å². The molecular formula is C17H17F2NO3. The fourth-order valence-electron chi connectivity index (χ4n) is 1.88. The molecule has 0 fully saturated rings. The van der Waals surface area contributed by atoms with E-state index in [9.17, 15) is 13.6 Å². The van der Waals surface area contributed by atoms with Crippen LogP contribution in [0.25, 0.3) is 0 Å². The topological polar surface area (TPSA) is 47.6 Å². The number of benzene rings is 2. The Kier molecular flexibility index (Phi) is 5.51. The Labute approximate surface area is 133 Å². The SMILES string of the molecule is COc1ccc(CNC(=O)[C@H](C)Oc2ccc(F)c(F)c2)cc1. The van der Waals surface area contributed by atoms with Gasteiger partial charge in [-0.05, 0) is 36.8 Å². The normalized spacial score (nSPS) is 11.7. The van der Waals surface area contributed by atoms with Gasteiger partial charge in [0.2, 0.25) is 0 Å². The maximum atomic E-state index is 13.1. The van der Waals surface area contributed by atoms with Gasteiger partial charge in [0, 0.05) is 12.6 Å². The lowest BCUT2D eigenvalue weighted by Crippen LogP contribution is -2.35. The van der Waals surface area contributed by atoms with Gasteiger partial charge in [-0.2, -0.15) is 0 Å². The van der Waals surface area contributed by atoms with Gasteiger partial charge in [0.05, 0.1) is 7.11 Å². The number of nitrogens with one attached hydrogen (secondary N) is 1. The van der Waals surface area contributed by atoms with E-state index in [1.54, 1.807) is 19.2 Å². The molecule has 0 aliphatic carbocycles. The maximum absolute atomic E-state index is 13.1. The van der Waals surface area contributed by atoms with E-state index in [2.05, 4.69) is 5.32 Å². The zero-order chi connectivity index (χ0) is 16.8. The molecular weight excluding hydrogens is 304 g/mol. The van der Waals surface area contributed by atoms with Gasteiger partial charge < -0.3 is 14.8 Å². The first-order valence-electron chi connectivity index (χ1n) is 7.02. The summed E-state index contributed by atoms with van der Waals surface area (Å²) in [5.41, 5.74) is 0.902. The van der Waals surface area contributed by atoms with Gasteiger partial charge in [0.25, 0.3) is 5.91 Å². The summed E-state index contributed by atoms with van der Waals surface area (Å²) in [4.78, 5) is 12.0. The zero-order valence-electron chi connectivity index (χ0n) is 12.8. The van der Waals surface area contributed by atoms with Gasteiger partial charge in [-0.3, -0.25) is 4.79 Å². The highest BCUT2D eigenvalue weighted by atomic mass is 19.2. The van der Waals surface area contributed by atoms with Crippen LogP contribution in [0.1, 0.15) is 12.5 Å². The molecule has 2 rings (SSSR count). The summed E-state index contributed by atoms with van der Waals surface area (Å²) >= 11 is 0. The van der Waals surface area contributed by atoms with Crippen molar-refractivity contribution in [1.82, 2.24) is 5.32 Å². The number of rotatable bonds is 6. The first kappa shape index (κ1) is 16.7. The van der Waals surface area contributed by atoms with Crippen LogP contribution in [-0.4, -0.2) is 19.1 Å². The van der Waals surface area contributed by atoms with Crippen LogP contribution >= 0.6 is 0 Å². The largest absolute Gasteiger partial charge is 0.497 e. The predicted octanol–water partition coefficient (Wildman–Crippen LogP) is 3.06. The van der Waals surface area contributed by atoms with Crippen LogP contribution in [0, 0.1) is 11.6 Å². The minimum Gasteiger partial charge on any atom is -0.497 e. The summed E-state index contributed by atoms with van der Waals surface area (Å²) in [6.45, 7) is 1.86. The minimum absolute atomic E-state index is 0.0935. The van der Waals surface area contributed by atoms with E-state index in [1.165, 1.54) is 13.0 Å². The summed E-state index contributed by atoms with van der Waals surface area (Å²) in [6.07, 6.45) is -0.835. The highest BCUT2D eigenvalue weighted by Crippen LogP contribution is 2.17. The third kappa shape index (κ3) is 4.67. The molecule has 0 aliphatic rings. The number of methoxy groups -OCH3 is 1. The molecule has 0 unspecified atom stereocenters. The van der Waals surface area contributed by atoms with E-state index in [0.717, 1.165) is 23.4 Å². The fraction of sp³-hybridized carbons (Fsp3) is 0.235. The molecule has 2 aromatic carbocycles. The first-order valence-corrected chi connectivity index (χ1v) is 7.02. The fourth-order valence-corrected chi connectivity index (χ4v) is 1.88. The van der Waals surface area contributed by atoms with E-state index >= 15 is 0 Å². The van der Waals surface area contributed by atoms with E-state index in [-0.39, 0.29) is 11.7 Å². The quantitative estimate of drug-likeness (QED) is 0.889. The summed E-state index contributed by atoms with van der Waals surface area (Å²) in [7, 11) is 1.58. The van der Waals surface area contributed by atoms with Crippen LogP contribution in [0.2, 0.25) is 0 Å². The first-order chi connectivity index (χ1) is 11.0. The van der Waals surface area contributed by atoms with Crippen LogP contribution in [0.5, 0.6) is 11.5 Å². The molecule has 0 radical (unpaired) electrons. The van der Waals surface area contributed by atoms with Crippen LogP contribution in [0.15, 0.2) is 42.5 Å². The molecule has 2 aromatic rings. The Morgan fingerprint density at radius 3 is 2.35 bits per heavy atom. The van der Waals surface area contributed by atoms with E-state index in [1.807, 2.05) is 12.1 Å². The number of halogens is 2. The lowest BCUT2D eigenvalue weighted by Gasteiger charge is -2.15. The van der Waals surface area contributed by atoms with Crippen molar-refractivity contribution in [3.8, 4) is 11.5 Å². The second-order valence-electron chi connectivity index (χ2n) is 4.90. The predicted molar refractivity (Wildman–Crippen MR) is 81.3 cm³/mol. The molecule has 1 atom stereocenters. The summed E-state index contributed by atoms with van der Waals surface area (Å²) in [6, 6.07) is 10.4. The van der Waals surface area contributed by atoms with Crippen molar-refractivity contribution in [1.29, 1.82) is 0 Å². The average molecular weight is 321 g/mol. The minimum atomic E-state index is -1.02. The third-order valence-electron chi connectivity index (χ3n) is 3.20. The second kappa shape index (κ2) is 7.58. The summed E-state index contributed by atoms with van der Waals surface area (Å²) in [5, 5.41) is 2.71. The van der Waals surface area contributed by atoms with Crippen molar-refractivity contribution in [2.24, 2.45) is 0 Å². The summed E-state index contributed by atoms with van der Waals surface area (Å²) in [5.74, 6) is -1.51. The number of hydrogen-bond acceptors (Lipinski definition) is 3.